The number of rotatable bonds is 4. The molecule has 144 valence electrons. The monoisotopic (exact) mass is 375 g/mol. The molecule has 0 radical (unpaired) electrons. The lowest BCUT2D eigenvalue weighted by atomic mass is 9.97. The SMILES string of the molecule is CN(C(=O)N1CCC[C@H](c2nccn2Cc2ccncc2)C1)c1ccccc1. The van der Waals surface area contributed by atoms with Crippen molar-refractivity contribution in [3.05, 3.63) is 78.6 Å². The zero-order chi connectivity index (χ0) is 19.3. The number of aromatic nitrogens is 3. The molecule has 6 nitrogen and oxygen atoms in total. The van der Waals surface area contributed by atoms with Gasteiger partial charge in [-0.3, -0.25) is 9.88 Å². The van der Waals surface area contributed by atoms with Crippen LogP contribution in [0.1, 0.15) is 30.1 Å². The predicted molar refractivity (Wildman–Crippen MR) is 109 cm³/mol. The molecule has 1 atom stereocenters. The van der Waals surface area contributed by atoms with Gasteiger partial charge in [-0.05, 0) is 42.7 Å². The lowest BCUT2D eigenvalue weighted by Crippen LogP contribution is -2.46. The van der Waals surface area contributed by atoms with E-state index in [-0.39, 0.29) is 11.9 Å². The van der Waals surface area contributed by atoms with Gasteiger partial charge in [-0.25, -0.2) is 9.78 Å². The molecule has 1 saturated heterocycles. The van der Waals surface area contributed by atoms with Crippen LogP contribution in [0.5, 0.6) is 0 Å². The van der Waals surface area contributed by atoms with E-state index in [0.29, 0.717) is 6.54 Å². The summed E-state index contributed by atoms with van der Waals surface area (Å²) in [6, 6.07) is 13.9. The Labute approximate surface area is 165 Å². The molecular formula is C22H25N5O. The third-order valence-electron chi connectivity index (χ3n) is 5.34. The summed E-state index contributed by atoms with van der Waals surface area (Å²) in [5, 5.41) is 0. The van der Waals surface area contributed by atoms with Gasteiger partial charge < -0.3 is 9.47 Å². The summed E-state index contributed by atoms with van der Waals surface area (Å²) in [4.78, 5) is 25.4. The fourth-order valence-electron chi connectivity index (χ4n) is 3.84. The lowest BCUT2D eigenvalue weighted by molar-refractivity contribution is 0.185. The summed E-state index contributed by atoms with van der Waals surface area (Å²) in [6.45, 7) is 2.26. The molecule has 3 heterocycles. The van der Waals surface area contributed by atoms with Crippen molar-refractivity contribution in [2.75, 3.05) is 25.0 Å². The standard InChI is InChI=1S/C22H25N5O/c1-25(20-7-3-2-4-8-20)22(28)27-14-5-6-19(17-27)21-24-13-15-26(21)16-18-9-11-23-12-10-18/h2-4,7-13,15,19H,5-6,14,16-17H2,1H3/t19-/m0/s1. The average molecular weight is 375 g/mol. The molecule has 1 fully saturated rings. The van der Waals surface area contributed by atoms with Crippen molar-refractivity contribution in [2.24, 2.45) is 0 Å². The number of anilines is 1. The number of urea groups is 1. The van der Waals surface area contributed by atoms with E-state index in [4.69, 9.17) is 0 Å². The number of piperidine rings is 1. The van der Waals surface area contributed by atoms with Crippen molar-refractivity contribution in [2.45, 2.75) is 25.3 Å². The van der Waals surface area contributed by atoms with Crippen LogP contribution in [-0.4, -0.2) is 45.6 Å². The van der Waals surface area contributed by atoms with E-state index in [1.165, 1.54) is 5.56 Å². The average Bonchev–Trinajstić information content (AvgIpc) is 3.22. The summed E-state index contributed by atoms with van der Waals surface area (Å²) in [5.41, 5.74) is 2.11. The highest BCUT2D eigenvalue weighted by Crippen LogP contribution is 2.27. The Bertz CT molecular complexity index is 909. The van der Waals surface area contributed by atoms with Crippen LogP contribution in [0, 0.1) is 0 Å². The fourth-order valence-corrected chi connectivity index (χ4v) is 3.84. The molecule has 0 saturated carbocycles. The van der Waals surface area contributed by atoms with Gasteiger partial charge in [-0.2, -0.15) is 0 Å². The Kier molecular flexibility index (Phi) is 5.37. The summed E-state index contributed by atoms with van der Waals surface area (Å²) >= 11 is 0. The quantitative estimate of drug-likeness (QED) is 0.698. The molecule has 0 aliphatic carbocycles. The van der Waals surface area contributed by atoms with Crippen LogP contribution in [0.4, 0.5) is 10.5 Å². The number of hydrogen-bond donors (Lipinski definition) is 0. The molecule has 0 N–H and O–H groups in total. The second-order valence-corrected chi connectivity index (χ2v) is 7.23. The Morgan fingerprint density at radius 1 is 1.14 bits per heavy atom. The van der Waals surface area contributed by atoms with E-state index < -0.39 is 0 Å². The van der Waals surface area contributed by atoms with Crippen LogP contribution < -0.4 is 4.90 Å². The van der Waals surface area contributed by atoms with Gasteiger partial charge in [0.2, 0.25) is 0 Å². The number of likely N-dealkylation sites (tertiary alicyclic amines) is 1. The number of carbonyl (C=O) groups excluding carboxylic acids is 1. The molecule has 28 heavy (non-hydrogen) atoms. The second kappa shape index (κ2) is 8.25. The number of amides is 2. The smallest absolute Gasteiger partial charge is 0.324 e. The van der Waals surface area contributed by atoms with Crippen LogP contribution in [0.15, 0.2) is 67.3 Å². The van der Waals surface area contributed by atoms with Crippen LogP contribution in [0.3, 0.4) is 0 Å². The van der Waals surface area contributed by atoms with Gasteiger partial charge in [0.05, 0.1) is 0 Å². The summed E-state index contributed by atoms with van der Waals surface area (Å²) in [7, 11) is 1.84. The van der Waals surface area contributed by atoms with E-state index in [1.807, 2.05) is 79.2 Å². The van der Waals surface area contributed by atoms with Crippen LogP contribution in [-0.2, 0) is 6.54 Å². The molecule has 3 aromatic rings. The predicted octanol–water partition coefficient (Wildman–Crippen LogP) is 3.76. The minimum atomic E-state index is 0.0446. The third kappa shape index (κ3) is 3.91. The van der Waals surface area contributed by atoms with E-state index >= 15 is 0 Å². The molecular weight excluding hydrogens is 350 g/mol. The zero-order valence-corrected chi connectivity index (χ0v) is 16.1. The molecule has 1 aromatic carbocycles. The Morgan fingerprint density at radius 3 is 2.71 bits per heavy atom. The van der Waals surface area contributed by atoms with Gasteiger partial charge in [0.25, 0.3) is 0 Å². The normalized spacial score (nSPS) is 16.8. The number of para-hydroxylation sites is 1. The van der Waals surface area contributed by atoms with Crippen molar-refractivity contribution in [1.82, 2.24) is 19.4 Å². The number of hydrogen-bond acceptors (Lipinski definition) is 3. The minimum absolute atomic E-state index is 0.0446. The first kappa shape index (κ1) is 18.2. The first-order chi connectivity index (χ1) is 13.7. The largest absolute Gasteiger partial charge is 0.330 e. The number of imidazole rings is 1. The number of nitrogens with zero attached hydrogens (tertiary/aromatic N) is 5. The lowest BCUT2D eigenvalue weighted by Gasteiger charge is -2.35. The maximum absolute atomic E-state index is 13.0. The Balaban J connectivity index is 1.47. The number of carbonyl (C=O) groups is 1. The Hall–Kier alpha value is -3.15. The molecule has 6 heteroatoms. The van der Waals surface area contributed by atoms with Crippen molar-refractivity contribution >= 4 is 11.7 Å². The van der Waals surface area contributed by atoms with Crippen molar-refractivity contribution in [1.29, 1.82) is 0 Å². The molecule has 0 spiro atoms. The van der Waals surface area contributed by atoms with E-state index in [1.54, 1.807) is 4.90 Å². The highest BCUT2D eigenvalue weighted by Gasteiger charge is 2.29. The van der Waals surface area contributed by atoms with Crippen molar-refractivity contribution in [3.8, 4) is 0 Å². The first-order valence-electron chi connectivity index (χ1n) is 9.70. The van der Waals surface area contributed by atoms with Gasteiger partial charge in [0, 0.05) is 63.1 Å². The van der Waals surface area contributed by atoms with Gasteiger partial charge in [0.15, 0.2) is 0 Å². The molecule has 2 aromatic heterocycles. The first-order valence-corrected chi connectivity index (χ1v) is 9.70. The van der Waals surface area contributed by atoms with Gasteiger partial charge in [-0.1, -0.05) is 18.2 Å². The Morgan fingerprint density at radius 2 is 1.93 bits per heavy atom. The van der Waals surface area contributed by atoms with Crippen LogP contribution in [0.2, 0.25) is 0 Å². The molecule has 4 rings (SSSR count). The highest BCUT2D eigenvalue weighted by molar-refractivity contribution is 5.91. The zero-order valence-electron chi connectivity index (χ0n) is 16.1. The fraction of sp³-hybridized carbons (Fsp3) is 0.318. The minimum Gasteiger partial charge on any atom is -0.330 e. The van der Waals surface area contributed by atoms with Gasteiger partial charge >= 0.3 is 6.03 Å². The van der Waals surface area contributed by atoms with Gasteiger partial charge in [0.1, 0.15) is 5.82 Å². The van der Waals surface area contributed by atoms with E-state index in [2.05, 4.69) is 14.5 Å². The summed E-state index contributed by atoms with van der Waals surface area (Å²) in [5.74, 6) is 1.30. The van der Waals surface area contributed by atoms with Crippen molar-refractivity contribution in [3.63, 3.8) is 0 Å². The molecule has 0 bridgehead atoms. The van der Waals surface area contributed by atoms with Crippen molar-refractivity contribution < 1.29 is 4.79 Å². The summed E-state index contributed by atoms with van der Waals surface area (Å²) < 4.78 is 2.19. The van der Waals surface area contributed by atoms with E-state index in [9.17, 15) is 4.79 Å². The third-order valence-corrected chi connectivity index (χ3v) is 5.34. The summed E-state index contributed by atoms with van der Waals surface area (Å²) in [6.07, 6.45) is 9.53. The van der Waals surface area contributed by atoms with E-state index in [0.717, 1.165) is 37.4 Å². The molecule has 1 aliphatic heterocycles. The van der Waals surface area contributed by atoms with Crippen LogP contribution in [0.25, 0.3) is 0 Å². The second-order valence-electron chi connectivity index (χ2n) is 7.23. The molecule has 1 aliphatic rings. The number of pyridine rings is 1. The van der Waals surface area contributed by atoms with Gasteiger partial charge in [-0.15, -0.1) is 0 Å². The van der Waals surface area contributed by atoms with Crippen LogP contribution >= 0.6 is 0 Å². The topological polar surface area (TPSA) is 54.3 Å². The molecule has 0 unspecified atom stereocenters. The maximum atomic E-state index is 13.0. The molecule has 2 amide bonds. The maximum Gasteiger partial charge on any atom is 0.324 e. The number of benzene rings is 1. The highest BCUT2D eigenvalue weighted by atomic mass is 16.2.